The Bertz CT molecular complexity index is 1750. The van der Waals surface area contributed by atoms with Gasteiger partial charge in [-0.25, -0.2) is 9.13 Å². The van der Waals surface area contributed by atoms with Crippen LogP contribution in [0.25, 0.3) is 0 Å². The van der Waals surface area contributed by atoms with Crippen molar-refractivity contribution in [2.45, 2.75) is 369 Å². The van der Waals surface area contributed by atoms with Crippen molar-refractivity contribution in [2.24, 2.45) is 17.8 Å². The molecule has 19 heteroatoms. The van der Waals surface area contributed by atoms with Gasteiger partial charge in [0.1, 0.15) is 19.3 Å². The van der Waals surface area contributed by atoms with E-state index in [0.29, 0.717) is 31.6 Å². The van der Waals surface area contributed by atoms with E-state index in [2.05, 4.69) is 48.5 Å². The average Bonchev–Trinajstić information content (AvgIpc) is 3.63. The Morgan fingerprint density at radius 3 is 0.764 bits per heavy atom. The summed E-state index contributed by atoms with van der Waals surface area (Å²) in [4.78, 5) is 72.4. The third-order valence-electron chi connectivity index (χ3n) is 16.1. The second-order valence-electron chi connectivity index (χ2n) is 26.7. The van der Waals surface area contributed by atoms with Crippen LogP contribution >= 0.6 is 15.6 Å². The van der Waals surface area contributed by atoms with Gasteiger partial charge in [-0.1, -0.05) is 299 Å². The minimum Gasteiger partial charge on any atom is -0.462 e. The number of hydrogen-bond donors (Lipinski definition) is 3. The molecule has 0 saturated carbocycles. The molecule has 0 saturated heterocycles. The van der Waals surface area contributed by atoms with E-state index in [9.17, 15) is 43.2 Å². The van der Waals surface area contributed by atoms with E-state index in [-0.39, 0.29) is 25.7 Å². The van der Waals surface area contributed by atoms with Crippen LogP contribution in [0.1, 0.15) is 350 Å². The van der Waals surface area contributed by atoms with E-state index in [1.54, 1.807) is 0 Å². The van der Waals surface area contributed by atoms with Crippen molar-refractivity contribution in [1.82, 2.24) is 0 Å². The molecule has 0 amide bonds. The summed E-state index contributed by atoms with van der Waals surface area (Å²) in [6, 6.07) is 0. The molecule has 0 rings (SSSR count). The monoisotopic (exact) mass is 1310 g/mol. The van der Waals surface area contributed by atoms with Gasteiger partial charge in [0.25, 0.3) is 0 Å². The molecule has 0 aromatic rings. The molecule has 89 heavy (non-hydrogen) atoms. The number of hydrogen-bond acceptors (Lipinski definition) is 15. The van der Waals surface area contributed by atoms with E-state index >= 15 is 0 Å². The molecule has 3 N–H and O–H groups in total. The van der Waals surface area contributed by atoms with Gasteiger partial charge < -0.3 is 33.8 Å². The first-order valence-electron chi connectivity index (χ1n) is 36.3. The number of carbonyl (C=O) groups excluding carboxylic acids is 4. The molecule has 0 aliphatic heterocycles. The predicted octanol–water partition coefficient (Wildman–Crippen LogP) is 19.8. The minimum absolute atomic E-state index is 0.102. The second kappa shape index (κ2) is 61.0. The lowest BCUT2D eigenvalue weighted by molar-refractivity contribution is -0.161. The summed E-state index contributed by atoms with van der Waals surface area (Å²) in [7, 11) is -9.90. The largest absolute Gasteiger partial charge is 0.472 e. The molecule has 2 unspecified atom stereocenters. The zero-order valence-electron chi connectivity index (χ0n) is 57.9. The Morgan fingerprint density at radius 1 is 0.303 bits per heavy atom. The fraction of sp³-hybridized carbons (Fsp3) is 0.943. The van der Waals surface area contributed by atoms with Crippen molar-refractivity contribution in [3.8, 4) is 0 Å². The Labute approximate surface area is 543 Å². The second-order valence-corrected chi connectivity index (χ2v) is 29.6. The van der Waals surface area contributed by atoms with Crippen LogP contribution in [-0.4, -0.2) is 96.7 Å². The lowest BCUT2D eigenvalue weighted by Gasteiger charge is -2.21. The van der Waals surface area contributed by atoms with Crippen LogP contribution in [0.3, 0.4) is 0 Å². The van der Waals surface area contributed by atoms with Crippen molar-refractivity contribution >= 4 is 39.5 Å². The molecule has 528 valence electrons. The molecular weight excluding hydrogens is 1170 g/mol. The van der Waals surface area contributed by atoms with Crippen LogP contribution in [-0.2, 0) is 65.4 Å². The van der Waals surface area contributed by atoms with Crippen LogP contribution in [0.5, 0.6) is 0 Å². The van der Waals surface area contributed by atoms with Crippen molar-refractivity contribution < 1.29 is 80.2 Å². The number of rotatable bonds is 68. The fourth-order valence-electron chi connectivity index (χ4n) is 10.5. The van der Waals surface area contributed by atoms with E-state index in [0.717, 1.165) is 108 Å². The fourth-order valence-corrected chi connectivity index (χ4v) is 12.1. The molecule has 0 aromatic heterocycles. The normalized spacial score (nSPS) is 14.2. The molecule has 0 radical (unpaired) electrons. The Morgan fingerprint density at radius 2 is 0.517 bits per heavy atom. The summed E-state index contributed by atoms with van der Waals surface area (Å²) in [6.45, 7) is 11.8. The number of phosphoric acid groups is 2. The summed E-state index contributed by atoms with van der Waals surface area (Å²) >= 11 is 0. The molecule has 0 heterocycles. The summed E-state index contributed by atoms with van der Waals surface area (Å²) in [5.74, 6) is 0.110. The Hall–Kier alpha value is -1.94. The molecular formula is C70H136O17P2. The van der Waals surface area contributed by atoms with E-state index in [4.69, 9.17) is 37.0 Å². The van der Waals surface area contributed by atoms with Crippen molar-refractivity contribution in [1.29, 1.82) is 0 Å². The Balaban J connectivity index is 5.20. The number of carbonyl (C=O) groups is 4. The van der Waals surface area contributed by atoms with Crippen LogP contribution in [0, 0.1) is 17.8 Å². The highest BCUT2D eigenvalue weighted by Gasteiger charge is 2.30. The van der Waals surface area contributed by atoms with Gasteiger partial charge in [-0.3, -0.25) is 37.3 Å². The van der Waals surface area contributed by atoms with Gasteiger partial charge in [0, 0.05) is 25.7 Å². The maximum absolute atomic E-state index is 13.0. The van der Waals surface area contributed by atoms with Gasteiger partial charge in [0.05, 0.1) is 26.4 Å². The molecule has 0 aliphatic rings. The van der Waals surface area contributed by atoms with Gasteiger partial charge in [0.2, 0.25) is 0 Å². The molecule has 17 nitrogen and oxygen atoms in total. The highest BCUT2D eigenvalue weighted by atomic mass is 31.2. The van der Waals surface area contributed by atoms with Gasteiger partial charge in [-0.15, -0.1) is 0 Å². The molecule has 0 bridgehead atoms. The zero-order valence-corrected chi connectivity index (χ0v) is 59.7. The quantitative estimate of drug-likeness (QED) is 0.0222. The lowest BCUT2D eigenvalue weighted by atomic mass is 10.0. The summed E-state index contributed by atoms with van der Waals surface area (Å²) < 4.78 is 68.2. The van der Waals surface area contributed by atoms with Gasteiger partial charge in [0.15, 0.2) is 12.2 Å². The molecule has 0 spiro atoms. The summed E-state index contributed by atoms with van der Waals surface area (Å²) in [6.07, 6.45) is 44.7. The summed E-state index contributed by atoms with van der Waals surface area (Å²) in [5.41, 5.74) is 0. The van der Waals surface area contributed by atoms with Gasteiger partial charge in [-0.2, -0.15) is 0 Å². The predicted molar refractivity (Wildman–Crippen MR) is 358 cm³/mol. The van der Waals surface area contributed by atoms with Gasteiger partial charge in [-0.05, 0) is 43.4 Å². The highest BCUT2D eigenvalue weighted by Crippen LogP contribution is 2.45. The number of aliphatic hydroxyl groups excluding tert-OH is 1. The van der Waals surface area contributed by atoms with Crippen molar-refractivity contribution in [3.63, 3.8) is 0 Å². The first kappa shape index (κ1) is 87.1. The minimum atomic E-state index is -4.95. The molecule has 5 atom stereocenters. The zero-order chi connectivity index (χ0) is 65.9. The first-order chi connectivity index (χ1) is 42.7. The number of esters is 4. The summed E-state index contributed by atoms with van der Waals surface area (Å²) in [5, 5.41) is 10.6. The highest BCUT2D eigenvalue weighted by molar-refractivity contribution is 7.47. The smallest absolute Gasteiger partial charge is 0.462 e. The van der Waals surface area contributed by atoms with Crippen LogP contribution in [0.2, 0.25) is 0 Å². The lowest BCUT2D eigenvalue weighted by Crippen LogP contribution is -2.30. The number of phosphoric ester groups is 2. The molecule has 0 aliphatic carbocycles. The molecule has 0 aromatic carbocycles. The van der Waals surface area contributed by atoms with Crippen LogP contribution in [0.15, 0.2) is 0 Å². The van der Waals surface area contributed by atoms with Crippen LogP contribution < -0.4 is 0 Å². The maximum Gasteiger partial charge on any atom is 0.472 e. The Kier molecular flexibility index (Phi) is 59.6. The third-order valence-corrected chi connectivity index (χ3v) is 18.0. The van der Waals surface area contributed by atoms with E-state index in [1.807, 2.05) is 0 Å². The maximum atomic E-state index is 13.0. The standard InChI is InChI=1S/C70H136O17P2/c1-8-9-10-11-12-29-37-44-51-67(72)80-58-66(87-70(75)54-47-40-33-32-36-43-50-63(6)7)60-85-89(78,79)83-56-64(71)55-82-88(76,77)84-59-65(57-81-68(73)52-45-38-30-25-22-18-20-24-28-35-42-49-62(4)5)86-69(74)53-46-39-31-26-21-17-15-13-14-16-19-23-27-34-41-48-61(2)3/h61-66,71H,8-60H2,1-7H3,(H,76,77)(H,78,79)/t64-,65-,66-/m1/s1. The SMILES string of the molecule is CCCCCCCCCCC(=O)OC[C@H](COP(=O)(O)OC[C@H](O)COP(=O)(O)OC[C@@H](COC(=O)CCCCCCCCCCCCCC(C)C)OC(=O)CCCCCCCCCCCCCCCCCC(C)C)OC(=O)CCCCCCCCC(C)C. The number of unbranched alkanes of at least 4 members (excludes halogenated alkanes) is 36. The van der Waals surface area contributed by atoms with Crippen molar-refractivity contribution in [3.05, 3.63) is 0 Å². The van der Waals surface area contributed by atoms with Crippen molar-refractivity contribution in [2.75, 3.05) is 39.6 Å². The van der Waals surface area contributed by atoms with E-state index in [1.165, 1.54) is 154 Å². The number of ether oxygens (including phenoxy) is 4. The topological polar surface area (TPSA) is 237 Å². The third kappa shape index (κ3) is 64.6. The van der Waals surface area contributed by atoms with Crippen LogP contribution in [0.4, 0.5) is 0 Å². The first-order valence-corrected chi connectivity index (χ1v) is 39.3. The van der Waals surface area contributed by atoms with E-state index < -0.39 is 97.5 Å². The average molecular weight is 1310 g/mol. The van der Waals surface area contributed by atoms with Gasteiger partial charge >= 0.3 is 39.5 Å². The number of aliphatic hydroxyl groups is 1. The molecule has 0 fully saturated rings.